The van der Waals surface area contributed by atoms with E-state index in [0.717, 1.165) is 33.2 Å². The van der Waals surface area contributed by atoms with E-state index in [1.807, 2.05) is 78.6 Å². The number of fused-ring (bicyclic) bond motifs is 2. The van der Waals surface area contributed by atoms with Crippen LogP contribution in [0.3, 0.4) is 0 Å². The molecule has 1 aromatic heterocycles. The molecule has 6 rings (SSSR count). The number of nitrogens with one attached hydrogen (secondary N) is 1. The molecule has 2 amide bonds. The Labute approximate surface area is 238 Å². The van der Waals surface area contributed by atoms with Gasteiger partial charge in [-0.25, -0.2) is 14.8 Å². The standard InChI is InChI=1S/C32H31N5O4/c1-3-40-30-20-27-26(19-29(30)39-2)31(34-21-33-27)36-15-17-37(18-16-36)32(38)35-23-11-13-24(14-12-23)41-28-10-6-8-22-7-4-5-9-25(22)28/h4-14,19-21H,3,15-18H2,1-2H3,(H,35,38). The summed E-state index contributed by atoms with van der Waals surface area (Å²) in [7, 11) is 1.62. The average Bonchev–Trinajstić information content (AvgIpc) is 3.02. The number of nitrogens with zero attached hydrogens (tertiary/aromatic N) is 4. The van der Waals surface area contributed by atoms with Gasteiger partial charge in [-0.1, -0.05) is 36.4 Å². The zero-order valence-corrected chi connectivity index (χ0v) is 23.0. The predicted octanol–water partition coefficient (Wildman–Crippen LogP) is 6.34. The van der Waals surface area contributed by atoms with Crippen LogP contribution < -0.4 is 24.4 Å². The van der Waals surface area contributed by atoms with Crippen molar-refractivity contribution in [2.75, 3.05) is 50.1 Å². The lowest BCUT2D eigenvalue weighted by Crippen LogP contribution is -2.50. The highest BCUT2D eigenvalue weighted by Crippen LogP contribution is 2.35. The Morgan fingerprint density at radius 1 is 0.854 bits per heavy atom. The van der Waals surface area contributed by atoms with Gasteiger partial charge in [0.25, 0.3) is 0 Å². The lowest BCUT2D eigenvalue weighted by Gasteiger charge is -2.35. The third-order valence-electron chi connectivity index (χ3n) is 7.15. The number of hydrogen-bond donors (Lipinski definition) is 1. The molecular weight excluding hydrogens is 518 g/mol. The lowest BCUT2D eigenvalue weighted by molar-refractivity contribution is 0.208. The first kappa shape index (κ1) is 26.2. The molecule has 1 fully saturated rings. The average molecular weight is 550 g/mol. The maximum Gasteiger partial charge on any atom is 0.321 e. The molecule has 0 aliphatic carbocycles. The highest BCUT2D eigenvalue weighted by Gasteiger charge is 2.24. The second-order valence-corrected chi connectivity index (χ2v) is 9.66. The number of urea groups is 1. The van der Waals surface area contributed by atoms with Gasteiger partial charge in [-0.2, -0.15) is 0 Å². The smallest absolute Gasteiger partial charge is 0.321 e. The number of carbonyl (C=O) groups excluding carboxylic acids is 1. The molecule has 1 N–H and O–H groups in total. The Kier molecular flexibility index (Phi) is 7.40. The summed E-state index contributed by atoms with van der Waals surface area (Å²) in [6.07, 6.45) is 1.56. The van der Waals surface area contributed by atoms with Gasteiger partial charge in [0.1, 0.15) is 23.6 Å². The Morgan fingerprint density at radius 2 is 1.63 bits per heavy atom. The molecule has 0 saturated carbocycles. The minimum atomic E-state index is -0.136. The highest BCUT2D eigenvalue weighted by atomic mass is 16.5. The molecule has 2 heterocycles. The van der Waals surface area contributed by atoms with Crippen LogP contribution in [0.25, 0.3) is 21.7 Å². The van der Waals surface area contributed by atoms with Crippen LogP contribution in [0.2, 0.25) is 0 Å². The van der Waals surface area contributed by atoms with Crippen LogP contribution in [0.1, 0.15) is 6.92 Å². The minimum Gasteiger partial charge on any atom is -0.493 e. The van der Waals surface area contributed by atoms with Gasteiger partial charge in [0.15, 0.2) is 11.5 Å². The Bertz CT molecular complexity index is 1680. The maximum absolute atomic E-state index is 13.0. The van der Waals surface area contributed by atoms with E-state index < -0.39 is 0 Å². The van der Waals surface area contributed by atoms with Gasteiger partial charge in [0.2, 0.25) is 0 Å². The van der Waals surface area contributed by atoms with Crippen LogP contribution in [0.5, 0.6) is 23.0 Å². The summed E-state index contributed by atoms with van der Waals surface area (Å²) < 4.78 is 17.4. The topological polar surface area (TPSA) is 89.1 Å². The van der Waals surface area contributed by atoms with Crippen molar-refractivity contribution in [3.05, 3.63) is 85.2 Å². The number of hydrogen-bond acceptors (Lipinski definition) is 7. The van der Waals surface area contributed by atoms with Crippen LogP contribution >= 0.6 is 0 Å². The lowest BCUT2D eigenvalue weighted by atomic mass is 10.1. The van der Waals surface area contributed by atoms with E-state index in [-0.39, 0.29) is 6.03 Å². The molecule has 5 aromatic rings. The van der Waals surface area contributed by atoms with Crippen molar-refractivity contribution in [2.24, 2.45) is 0 Å². The summed E-state index contributed by atoms with van der Waals surface area (Å²) in [5, 5.41) is 6.07. The normalized spacial score (nSPS) is 13.3. The molecule has 1 aliphatic heterocycles. The van der Waals surface area contributed by atoms with E-state index in [9.17, 15) is 4.79 Å². The van der Waals surface area contributed by atoms with E-state index in [0.29, 0.717) is 55.7 Å². The predicted molar refractivity (Wildman–Crippen MR) is 161 cm³/mol. The molecule has 0 bridgehead atoms. The fourth-order valence-electron chi connectivity index (χ4n) is 5.07. The number of aromatic nitrogens is 2. The van der Waals surface area contributed by atoms with Crippen molar-refractivity contribution in [1.29, 1.82) is 0 Å². The van der Waals surface area contributed by atoms with Gasteiger partial charge in [0, 0.05) is 48.7 Å². The van der Waals surface area contributed by atoms with E-state index in [1.165, 1.54) is 0 Å². The molecule has 9 heteroatoms. The molecule has 1 saturated heterocycles. The number of benzene rings is 4. The van der Waals surface area contributed by atoms with Crippen LogP contribution in [-0.4, -0.2) is 60.8 Å². The Balaban J connectivity index is 1.08. The first-order valence-electron chi connectivity index (χ1n) is 13.6. The quantitative estimate of drug-likeness (QED) is 0.254. The van der Waals surface area contributed by atoms with E-state index in [4.69, 9.17) is 14.2 Å². The highest BCUT2D eigenvalue weighted by molar-refractivity contribution is 5.93. The van der Waals surface area contributed by atoms with Crippen molar-refractivity contribution >= 4 is 39.2 Å². The zero-order valence-electron chi connectivity index (χ0n) is 23.0. The van der Waals surface area contributed by atoms with Gasteiger partial charge in [0.05, 0.1) is 19.2 Å². The number of rotatable bonds is 7. The third-order valence-corrected chi connectivity index (χ3v) is 7.15. The van der Waals surface area contributed by atoms with Crippen LogP contribution in [0.4, 0.5) is 16.3 Å². The fourth-order valence-corrected chi connectivity index (χ4v) is 5.07. The molecule has 41 heavy (non-hydrogen) atoms. The second kappa shape index (κ2) is 11.6. The van der Waals surface area contributed by atoms with Crippen LogP contribution in [-0.2, 0) is 0 Å². The summed E-state index contributed by atoms with van der Waals surface area (Å²) in [5.74, 6) is 3.61. The first-order valence-corrected chi connectivity index (χ1v) is 13.6. The van der Waals surface area contributed by atoms with E-state index >= 15 is 0 Å². The summed E-state index contributed by atoms with van der Waals surface area (Å²) >= 11 is 0. The molecule has 208 valence electrons. The summed E-state index contributed by atoms with van der Waals surface area (Å²) in [6.45, 7) is 4.88. The van der Waals surface area contributed by atoms with Crippen molar-refractivity contribution < 1.29 is 19.0 Å². The number of amides is 2. The van der Waals surface area contributed by atoms with Crippen LogP contribution in [0, 0.1) is 0 Å². The van der Waals surface area contributed by atoms with Crippen molar-refractivity contribution in [3.8, 4) is 23.0 Å². The molecule has 0 unspecified atom stereocenters. The molecular formula is C32H31N5O4. The zero-order chi connectivity index (χ0) is 28.2. The first-order chi connectivity index (χ1) is 20.1. The van der Waals surface area contributed by atoms with Crippen molar-refractivity contribution in [1.82, 2.24) is 14.9 Å². The van der Waals surface area contributed by atoms with Crippen molar-refractivity contribution in [3.63, 3.8) is 0 Å². The second-order valence-electron chi connectivity index (χ2n) is 9.66. The molecule has 9 nitrogen and oxygen atoms in total. The number of anilines is 2. The Morgan fingerprint density at radius 3 is 2.41 bits per heavy atom. The summed E-state index contributed by atoms with van der Waals surface area (Å²) in [6, 6.07) is 25.2. The van der Waals surface area contributed by atoms with E-state index in [1.54, 1.807) is 13.4 Å². The maximum atomic E-state index is 13.0. The SMILES string of the molecule is CCOc1cc2ncnc(N3CCN(C(=O)Nc4ccc(Oc5cccc6ccccc56)cc4)CC3)c2cc1OC. The number of methoxy groups -OCH3 is 1. The van der Waals surface area contributed by atoms with Crippen molar-refractivity contribution in [2.45, 2.75) is 6.92 Å². The third kappa shape index (κ3) is 5.51. The van der Waals surface area contributed by atoms with Gasteiger partial charge in [-0.3, -0.25) is 0 Å². The fraction of sp³-hybridized carbons (Fsp3) is 0.219. The van der Waals surface area contributed by atoms with Gasteiger partial charge < -0.3 is 29.3 Å². The van der Waals surface area contributed by atoms with Crippen LogP contribution in [0.15, 0.2) is 85.2 Å². The van der Waals surface area contributed by atoms with Gasteiger partial charge in [-0.15, -0.1) is 0 Å². The minimum absolute atomic E-state index is 0.136. The summed E-state index contributed by atoms with van der Waals surface area (Å²) in [5.41, 5.74) is 1.49. The molecule has 0 atom stereocenters. The Hall–Kier alpha value is -5.05. The molecule has 4 aromatic carbocycles. The molecule has 0 spiro atoms. The molecule has 0 radical (unpaired) electrons. The van der Waals surface area contributed by atoms with Gasteiger partial charge >= 0.3 is 6.03 Å². The monoisotopic (exact) mass is 549 g/mol. The number of piperazine rings is 1. The number of ether oxygens (including phenoxy) is 3. The summed E-state index contributed by atoms with van der Waals surface area (Å²) in [4.78, 5) is 26.0. The molecule has 1 aliphatic rings. The largest absolute Gasteiger partial charge is 0.493 e. The van der Waals surface area contributed by atoms with Gasteiger partial charge in [-0.05, 0) is 48.7 Å². The number of carbonyl (C=O) groups is 1. The van der Waals surface area contributed by atoms with E-state index in [2.05, 4.69) is 32.3 Å².